The van der Waals surface area contributed by atoms with Gasteiger partial charge in [-0.3, -0.25) is 4.90 Å². The first-order chi connectivity index (χ1) is 10.1. The molecular formula is C15H21Cl2N5. The molecule has 1 aliphatic rings. The number of piperazine rings is 1. The van der Waals surface area contributed by atoms with E-state index in [-0.39, 0.29) is 12.4 Å². The van der Waals surface area contributed by atoms with Crippen LogP contribution in [0, 0.1) is 0 Å². The second-order valence-electron chi connectivity index (χ2n) is 5.64. The predicted octanol–water partition coefficient (Wildman–Crippen LogP) is 2.52. The summed E-state index contributed by atoms with van der Waals surface area (Å²) in [4.78, 5) is 6.55. The Hall–Kier alpha value is -1.14. The van der Waals surface area contributed by atoms with Crippen LogP contribution in [0.2, 0.25) is 5.02 Å². The number of rotatable bonds is 3. The van der Waals surface area contributed by atoms with Crippen LogP contribution in [-0.2, 0) is 6.54 Å². The zero-order chi connectivity index (χ0) is 14.8. The molecule has 2 aromatic rings. The largest absolute Gasteiger partial charge is 0.314 e. The van der Waals surface area contributed by atoms with Gasteiger partial charge in [-0.1, -0.05) is 17.7 Å². The number of nitrogens with one attached hydrogen (secondary N) is 1. The number of benzene rings is 1. The van der Waals surface area contributed by atoms with E-state index >= 15 is 0 Å². The fraction of sp³-hybridized carbons (Fsp3) is 0.467. The highest BCUT2D eigenvalue weighted by Gasteiger charge is 2.25. The lowest BCUT2D eigenvalue weighted by Crippen LogP contribution is -2.54. The Labute approximate surface area is 142 Å². The van der Waals surface area contributed by atoms with Gasteiger partial charge in [0.2, 0.25) is 0 Å². The molecule has 2 heterocycles. The van der Waals surface area contributed by atoms with Gasteiger partial charge in [-0.05, 0) is 31.5 Å². The van der Waals surface area contributed by atoms with Crippen molar-refractivity contribution in [2.24, 2.45) is 0 Å². The van der Waals surface area contributed by atoms with Crippen LogP contribution in [0.15, 0.2) is 30.9 Å². The molecule has 120 valence electrons. The van der Waals surface area contributed by atoms with Crippen LogP contribution in [-0.4, -0.2) is 44.8 Å². The second kappa shape index (κ2) is 7.42. The van der Waals surface area contributed by atoms with E-state index < -0.39 is 0 Å². The summed E-state index contributed by atoms with van der Waals surface area (Å²) in [5, 5.41) is 8.41. The molecule has 1 aliphatic heterocycles. The molecule has 5 nitrogen and oxygen atoms in total. The van der Waals surface area contributed by atoms with Gasteiger partial charge in [-0.2, -0.15) is 5.10 Å². The Morgan fingerprint density at radius 3 is 2.64 bits per heavy atom. The first-order valence-electron chi connectivity index (χ1n) is 7.25. The number of hydrogen-bond donors (Lipinski definition) is 1. The van der Waals surface area contributed by atoms with Crippen molar-refractivity contribution in [2.45, 2.75) is 32.5 Å². The van der Waals surface area contributed by atoms with Crippen molar-refractivity contribution in [3.8, 4) is 5.69 Å². The third-order valence-electron chi connectivity index (χ3n) is 4.08. The average Bonchev–Trinajstić information content (AvgIpc) is 2.98. The zero-order valence-electron chi connectivity index (χ0n) is 12.7. The minimum Gasteiger partial charge on any atom is -0.314 e. The SMILES string of the molecule is C[C@@H]1CNC[C@H](C)N1Cc1ccc(Cl)cc1-n1cncn1.Cl. The maximum atomic E-state index is 6.15. The quantitative estimate of drug-likeness (QED) is 0.931. The van der Waals surface area contributed by atoms with Gasteiger partial charge < -0.3 is 5.32 Å². The van der Waals surface area contributed by atoms with Crippen molar-refractivity contribution >= 4 is 24.0 Å². The number of halogens is 2. The molecule has 1 N–H and O–H groups in total. The molecule has 0 amide bonds. The van der Waals surface area contributed by atoms with Crippen LogP contribution in [0.1, 0.15) is 19.4 Å². The molecular weight excluding hydrogens is 321 g/mol. The van der Waals surface area contributed by atoms with Crippen molar-refractivity contribution in [3.63, 3.8) is 0 Å². The van der Waals surface area contributed by atoms with E-state index in [9.17, 15) is 0 Å². The second-order valence-corrected chi connectivity index (χ2v) is 6.08. The Balaban J connectivity index is 0.00000176. The van der Waals surface area contributed by atoms with E-state index in [4.69, 9.17) is 11.6 Å². The fourth-order valence-corrected chi connectivity index (χ4v) is 3.06. The van der Waals surface area contributed by atoms with Crippen LogP contribution in [0.3, 0.4) is 0 Å². The molecule has 0 unspecified atom stereocenters. The third kappa shape index (κ3) is 3.60. The molecule has 1 aromatic heterocycles. The molecule has 22 heavy (non-hydrogen) atoms. The van der Waals surface area contributed by atoms with Crippen LogP contribution < -0.4 is 5.32 Å². The summed E-state index contributed by atoms with van der Waals surface area (Å²) < 4.78 is 1.78. The van der Waals surface area contributed by atoms with Crippen molar-refractivity contribution in [2.75, 3.05) is 13.1 Å². The van der Waals surface area contributed by atoms with Crippen LogP contribution in [0.25, 0.3) is 5.69 Å². The first kappa shape index (κ1) is 17.2. The van der Waals surface area contributed by atoms with Gasteiger partial charge in [0.05, 0.1) is 5.69 Å². The summed E-state index contributed by atoms with van der Waals surface area (Å²) in [7, 11) is 0. The van der Waals surface area contributed by atoms with Gasteiger partial charge in [0.25, 0.3) is 0 Å². The summed E-state index contributed by atoms with van der Waals surface area (Å²) in [6.45, 7) is 7.45. The van der Waals surface area contributed by atoms with Gasteiger partial charge in [-0.15, -0.1) is 12.4 Å². The van der Waals surface area contributed by atoms with E-state index in [1.807, 2.05) is 12.1 Å². The molecule has 3 rings (SSSR count). The maximum absolute atomic E-state index is 6.15. The first-order valence-corrected chi connectivity index (χ1v) is 7.63. The molecule has 0 radical (unpaired) electrons. The maximum Gasteiger partial charge on any atom is 0.138 e. The van der Waals surface area contributed by atoms with Crippen molar-refractivity contribution in [3.05, 3.63) is 41.4 Å². The van der Waals surface area contributed by atoms with Crippen molar-refractivity contribution < 1.29 is 0 Å². The lowest BCUT2D eigenvalue weighted by atomic mass is 10.1. The fourth-order valence-electron chi connectivity index (χ4n) is 2.90. The van der Waals surface area contributed by atoms with E-state index in [0.717, 1.165) is 25.3 Å². The Bertz CT molecular complexity index is 592. The van der Waals surface area contributed by atoms with Gasteiger partial charge in [0, 0.05) is 36.7 Å². The Kier molecular flexibility index (Phi) is 5.81. The summed E-state index contributed by atoms with van der Waals surface area (Å²) in [5.74, 6) is 0. The summed E-state index contributed by atoms with van der Waals surface area (Å²) >= 11 is 6.15. The zero-order valence-corrected chi connectivity index (χ0v) is 14.3. The van der Waals surface area contributed by atoms with E-state index in [1.165, 1.54) is 5.56 Å². The molecule has 0 bridgehead atoms. The summed E-state index contributed by atoms with van der Waals surface area (Å²) in [6, 6.07) is 6.99. The summed E-state index contributed by atoms with van der Waals surface area (Å²) in [5.41, 5.74) is 2.21. The van der Waals surface area contributed by atoms with E-state index in [2.05, 4.69) is 40.2 Å². The number of aromatic nitrogens is 3. The highest BCUT2D eigenvalue weighted by molar-refractivity contribution is 6.30. The molecule has 7 heteroatoms. The Morgan fingerprint density at radius 2 is 2.00 bits per heavy atom. The van der Waals surface area contributed by atoms with Gasteiger partial charge in [0.15, 0.2) is 0 Å². The van der Waals surface area contributed by atoms with E-state index in [0.29, 0.717) is 17.1 Å². The van der Waals surface area contributed by atoms with Crippen LogP contribution in [0.5, 0.6) is 0 Å². The van der Waals surface area contributed by atoms with Gasteiger partial charge >= 0.3 is 0 Å². The molecule has 0 spiro atoms. The smallest absolute Gasteiger partial charge is 0.138 e. The molecule has 0 aliphatic carbocycles. The van der Waals surface area contributed by atoms with Crippen LogP contribution in [0.4, 0.5) is 0 Å². The predicted molar refractivity (Wildman–Crippen MR) is 91.0 cm³/mol. The molecule has 1 fully saturated rings. The molecule has 2 atom stereocenters. The lowest BCUT2D eigenvalue weighted by molar-refractivity contribution is 0.108. The highest BCUT2D eigenvalue weighted by Crippen LogP contribution is 2.23. The van der Waals surface area contributed by atoms with Gasteiger partial charge in [0.1, 0.15) is 12.7 Å². The molecule has 1 saturated heterocycles. The normalized spacial score (nSPS) is 22.3. The minimum atomic E-state index is 0. The van der Waals surface area contributed by atoms with Gasteiger partial charge in [-0.25, -0.2) is 9.67 Å². The third-order valence-corrected chi connectivity index (χ3v) is 4.31. The highest BCUT2D eigenvalue weighted by atomic mass is 35.5. The summed E-state index contributed by atoms with van der Waals surface area (Å²) in [6.07, 6.45) is 3.25. The molecule has 0 saturated carbocycles. The topological polar surface area (TPSA) is 46.0 Å². The van der Waals surface area contributed by atoms with E-state index in [1.54, 1.807) is 17.3 Å². The van der Waals surface area contributed by atoms with Crippen molar-refractivity contribution in [1.82, 2.24) is 25.0 Å². The monoisotopic (exact) mass is 341 g/mol. The van der Waals surface area contributed by atoms with Crippen LogP contribution >= 0.6 is 24.0 Å². The number of hydrogen-bond acceptors (Lipinski definition) is 4. The number of nitrogens with zero attached hydrogens (tertiary/aromatic N) is 4. The minimum absolute atomic E-state index is 0. The Morgan fingerprint density at radius 1 is 1.27 bits per heavy atom. The standard InChI is InChI=1S/C15H20ClN5.ClH/c1-11-6-17-7-12(2)20(11)8-13-3-4-14(16)5-15(13)21-10-18-9-19-21;/h3-5,9-12,17H,6-8H2,1-2H3;1H/t11-,12+;. The average molecular weight is 342 g/mol. The molecule has 1 aromatic carbocycles. The lowest BCUT2D eigenvalue weighted by Gasteiger charge is -2.39. The van der Waals surface area contributed by atoms with Crippen molar-refractivity contribution in [1.29, 1.82) is 0 Å².